The maximum absolute atomic E-state index is 12.8. The van der Waals surface area contributed by atoms with E-state index < -0.39 is 23.8 Å². The summed E-state index contributed by atoms with van der Waals surface area (Å²) in [5, 5.41) is 31.5. The van der Waals surface area contributed by atoms with Gasteiger partial charge in [-0.2, -0.15) is 0 Å². The lowest BCUT2D eigenvalue weighted by molar-refractivity contribution is 0.0688. The maximum Gasteiger partial charge on any atom is 0.339 e. The van der Waals surface area contributed by atoms with Gasteiger partial charge in [-0.1, -0.05) is 60.7 Å². The predicted octanol–water partition coefficient (Wildman–Crippen LogP) is 11.0. The predicted molar refractivity (Wildman–Crippen MR) is 235 cm³/mol. The zero-order valence-corrected chi connectivity index (χ0v) is 33.3. The molecule has 61 heavy (non-hydrogen) atoms. The number of anilines is 2. The van der Waals surface area contributed by atoms with Gasteiger partial charge in [0.1, 0.15) is 32.3 Å². The van der Waals surface area contributed by atoms with Crippen molar-refractivity contribution in [1.29, 1.82) is 0 Å². The van der Waals surface area contributed by atoms with E-state index in [1.54, 1.807) is 71.8 Å². The number of aryl methyl sites for hydroxylation is 1. The van der Waals surface area contributed by atoms with Gasteiger partial charge in [-0.05, 0) is 66.1 Å². The van der Waals surface area contributed by atoms with Crippen LogP contribution in [-0.4, -0.2) is 48.9 Å². The molecule has 0 bridgehead atoms. The van der Waals surface area contributed by atoms with Gasteiger partial charge in [-0.3, -0.25) is 24.5 Å². The zero-order chi connectivity index (χ0) is 42.2. The van der Waals surface area contributed by atoms with Gasteiger partial charge in [0.15, 0.2) is 11.5 Å². The highest BCUT2D eigenvalue weighted by molar-refractivity contribution is 7.15. The Labute approximate surface area is 352 Å². The van der Waals surface area contributed by atoms with E-state index >= 15 is 0 Å². The largest absolute Gasteiger partial charge is 0.478 e. The number of carboxylic acids is 2. The second kappa shape index (κ2) is 16.0. The molecule has 10 rings (SSSR count). The second-order valence-corrected chi connectivity index (χ2v) is 15.4. The molecule has 0 unspecified atom stereocenters. The van der Waals surface area contributed by atoms with Crippen molar-refractivity contribution in [3.63, 3.8) is 0 Å². The summed E-state index contributed by atoms with van der Waals surface area (Å²) < 4.78 is 11.2. The van der Waals surface area contributed by atoms with Gasteiger partial charge >= 0.3 is 11.9 Å². The molecule has 0 fully saturated rings. The van der Waals surface area contributed by atoms with E-state index in [0.29, 0.717) is 38.9 Å². The third kappa shape index (κ3) is 7.46. The van der Waals surface area contributed by atoms with E-state index in [4.69, 9.17) is 8.83 Å². The van der Waals surface area contributed by atoms with Crippen molar-refractivity contribution in [2.24, 2.45) is 0 Å². The number of nitrogens with one attached hydrogen (secondary N) is 2. The summed E-state index contributed by atoms with van der Waals surface area (Å²) in [5.41, 5.74) is 6.92. The van der Waals surface area contributed by atoms with Crippen LogP contribution < -0.4 is 10.6 Å². The molecule has 298 valence electrons. The quantitative estimate of drug-likeness (QED) is 0.113. The van der Waals surface area contributed by atoms with Crippen molar-refractivity contribution in [3.8, 4) is 22.3 Å². The fourth-order valence-corrected chi connectivity index (χ4v) is 8.84. The van der Waals surface area contributed by atoms with Crippen molar-refractivity contribution < 1.29 is 38.2 Å². The number of amides is 2. The number of pyridine rings is 1. The summed E-state index contributed by atoms with van der Waals surface area (Å²) in [5.74, 6) is -3.02. The average molecular weight is 844 g/mol. The van der Waals surface area contributed by atoms with Crippen LogP contribution in [0.15, 0.2) is 141 Å². The first-order chi connectivity index (χ1) is 29.6. The molecular weight excluding hydrogens is 815 g/mol. The lowest BCUT2D eigenvalue weighted by Gasteiger charge is -2.09. The topological polar surface area (TPSA) is 198 Å². The normalized spacial score (nSPS) is 11.1. The molecule has 0 radical (unpaired) electrons. The number of benzene rings is 4. The minimum absolute atomic E-state index is 0.0210. The molecule has 10 aromatic rings. The highest BCUT2D eigenvalue weighted by Gasteiger charge is 2.25. The summed E-state index contributed by atoms with van der Waals surface area (Å²) in [7, 11) is 0. The minimum atomic E-state index is -1.13. The van der Waals surface area contributed by atoms with Gasteiger partial charge in [-0.15, -0.1) is 22.7 Å². The monoisotopic (exact) mass is 843 g/mol. The Kier molecular flexibility index (Phi) is 10.1. The number of rotatable bonds is 8. The van der Waals surface area contributed by atoms with Gasteiger partial charge < -0.3 is 29.7 Å². The molecule has 0 saturated carbocycles. The molecule has 4 aromatic carbocycles. The summed E-state index contributed by atoms with van der Waals surface area (Å²) in [4.78, 5) is 62.5. The number of nitrogens with zero attached hydrogens (tertiary/aromatic N) is 3. The van der Waals surface area contributed by atoms with E-state index in [0.717, 1.165) is 44.1 Å². The highest BCUT2D eigenvalue weighted by Crippen LogP contribution is 2.40. The van der Waals surface area contributed by atoms with Crippen LogP contribution in [0.5, 0.6) is 0 Å². The van der Waals surface area contributed by atoms with Crippen LogP contribution >= 0.6 is 22.7 Å². The first-order valence-electron chi connectivity index (χ1n) is 18.5. The van der Waals surface area contributed by atoms with E-state index in [9.17, 15) is 29.4 Å². The molecule has 0 saturated heterocycles. The number of furan rings is 2. The summed E-state index contributed by atoms with van der Waals surface area (Å²) >= 11 is 2.31. The molecule has 2 amide bonds. The van der Waals surface area contributed by atoms with Gasteiger partial charge in [-0.25, -0.2) is 9.59 Å². The molecule has 6 aromatic heterocycles. The van der Waals surface area contributed by atoms with Crippen LogP contribution in [0, 0.1) is 6.92 Å². The van der Waals surface area contributed by atoms with Gasteiger partial charge in [0, 0.05) is 56.6 Å². The van der Waals surface area contributed by atoms with Crippen molar-refractivity contribution >= 4 is 100 Å². The second-order valence-electron chi connectivity index (χ2n) is 13.6. The first kappa shape index (κ1) is 38.5. The Bertz CT molecular complexity index is 3300. The van der Waals surface area contributed by atoms with Crippen LogP contribution in [0.25, 0.3) is 66.1 Å². The molecule has 0 aliphatic rings. The molecular formula is C46H29N5O8S2. The number of thiophene rings is 2. The molecule has 6 heterocycles. The Morgan fingerprint density at radius 3 is 1.75 bits per heavy atom. The number of hydrogen-bond donors (Lipinski definition) is 4. The van der Waals surface area contributed by atoms with Gasteiger partial charge in [0.05, 0.1) is 16.6 Å². The molecule has 0 aliphatic heterocycles. The third-order valence-corrected chi connectivity index (χ3v) is 11.6. The van der Waals surface area contributed by atoms with Crippen molar-refractivity contribution in [2.45, 2.75) is 6.92 Å². The molecule has 0 spiro atoms. The van der Waals surface area contributed by atoms with Crippen LogP contribution in [0.2, 0.25) is 0 Å². The molecule has 0 aliphatic carbocycles. The molecule has 15 heteroatoms. The Balaban J connectivity index is 0.000000156. The van der Waals surface area contributed by atoms with Crippen LogP contribution in [0.1, 0.15) is 47.4 Å². The fraction of sp³-hybridized carbons (Fsp3) is 0.0217. The van der Waals surface area contributed by atoms with E-state index in [-0.39, 0.29) is 32.6 Å². The average Bonchev–Trinajstić information content (AvgIpc) is 4.09. The SMILES string of the molecule is Cc1ccc(-c2csc(NC(=O)c3cc4ccccc4o3)c2C(=O)O)c2cccnc12.O=C(Nc1scc(-c2ccc3nccnc3c2)c1C(=O)O)c1cc2ccccc2o1. The number of aromatic nitrogens is 3. The number of fused-ring (bicyclic) bond motifs is 4. The highest BCUT2D eigenvalue weighted by atomic mass is 32.1. The number of carboxylic acid groups (broad SMARTS) is 2. The Morgan fingerprint density at radius 1 is 0.574 bits per heavy atom. The Morgan fingerprint density at radius 2 is 1.15 bits per heavy atom. The van der Waals surface area contributed by atoms with Gasteiger partial charge in [0.25, 0.3) is 11.8 Å². The van der Waals surface area contributed by atoms with Crippen LogP contribution in [0.3, 0.4) is 0 Å². The number of aromatic carboxylic acids is 2. The van der Waals surface area contributed by atoms with Crippen LogP contribution in [-0.2, 0) is 0 Å². The standard InChI is InChI=1S/C24H16N2O4S.C22H13N3O4S/c1-13-8-9-15(16-6-4-10-25-21(13)16)17-12-31-23(20(17)24(28)29)26-22(27)19-11-14-5-2-3-7-18(14)30-19;26-20(18-10-13-3-1-2-4-17(13)29-18)25-21-19(22(27)28)14(11-30-21)12-5-6-15-16(9-12)24-8-7-23-15/h2-12H,1H3,(H,26,27)(H,28,29);1-11H,(H,25,26)(H,27,28). The summed E-state index contributed by atoms with van der Waals surface area (Å²) in [6, 6.07) is 30.7. The lowest BCUT2D eigenvalue weighted by atomic mass is 9.97. The minimum Gasteiger partial charge on any atom is -0.478 e. The third-order valence-electron chi connectivity index (χ3n) is 9.80. The smallest absolute Gasteiger partial charge is 0.339 e. The molecule has 4 N–H and O–H groups in total. The fourth-order valence-electron chi connectivity index (χ4n) is 6.93. The molecule has 0 atom stereocenters. The zero-order valence-electron chi connectivity index (χ0n) is 31.7. The van der Waals surface area contributed by atoms with E-state index in [1.165, 1.54) is 11.3 Å². The van der Waals surface area contributed by atoms with Crippen molar-refractivity contribution in [3.05, 3.63) is 161 Å². The molecule has 13 nitrogen and oxygen atoms in total. The number of hydrogen-bond acceptors (Lipinski definition) is 11. The van der Waals surface area contributed by atoms with Crippen molar-refractivity contribution in [1.82, 2.24) is 15.0 Å². The Hall–Kier alpha value is -8.01. The number of carbonyl (C=O) groups excluding carboxylic acids is 2. The van der Waals surface area contributed by atoms with E-state index in [2.05, 4.69) is 25.6 Å². The summed E-state index contributed by atoms with van der Waals surface area (Å²) in [6.45, 7) is 1.96. The van der Waals surface area contributed by atoms with Crippen LogP contribution in [0.4, 0.5) is 10.0 Å². The summed E-state index contributed by atoms with van der Waals surface area (Å²) in [6.07, 6.45) is 4.89. The van der Waals surface area contributed by atoms with Gasteiger partial charge in [0.2, 0.25) is 0 Å². The number of para-hydroxylation sites is 2. The van der Waals surface area contributed by atoms with E-state index in [1.807, 2.05) is 67.6 Å². The maximum atomic E-state index is 12.8. The number of carbonyl (C=O) groups is 4. The van der Waals surface area contributed by atoms with Crippen molar-refractivity contribution in [2.75, 3.05) is 10.6 Å². The first-order valence-corrected chi connectivity index (χ1v) is 20.2. The lowest BCUT2D eigenvalue weighted by Crippen LogP contribution is -2.12.